The standard InChI is InChI=1S/C13H21N3O/c1-10(17-2)7-15-13-6-3-11(9-16-13)8-14-12-4-5-12/h3,6,9-10,12,14H,4-5,7-8H2,1-2H3,(H,15,16). The summed E-state index contributed by atoms with van der Waals surface area (Å²) in [6.45, 7) is 3.73. The maximum atomic E-state index is 5.17. The quantitative estimate of drug-likeness (QED) is 0.756. The average molecular weight is 235 g/mol. The molecule has 1 unspecified atom stereocenters. The van der Waals surface area contributed by atoms with Crippen LogP contribution in [0.5, 0.6) is 0 Å². The molecule has 4 nitrogen and oxygen atoms in total. The smallest absolute Gasteiger partial charge is 0.125 e. The summed E-state index contributed by atoms with van der Waals surface area (Å²) in [5, 5.41) is 6.71. The molecule has 0 amide bonds. The van der Waals surface area contributed by atoms with Crippen LogP contribution >= 0.6 is 0 Å². The highest BCUT2D eigenvalue weighted by Gasteiger charge is 2.19. The molecule has 1 heterocycles. The number of ether oxygens (including phenoxy) is 1. The van der Waals surface area contributed by atoms with E-state index in [0.29, 0.717) is 0 Å². The zero-order chi connectivity index (χ0) is 12.1. The van der Waals surface area contributed by atoms with Crippen LogP contribution in [-0.2, 0) is 11.3 Å². The van der Waals surface area contributed by atoms with Crippen LogP contribution in [0.15, 0.2) is 18.3 Å². The number of nitrogens with zero attached hydrogens (tertiary/aromatic N) is 1. The minimum Gasteiger partial charge on any atom is -0.380 e. The van der Waals surface area contributed by atoms with Crippen molar-refractivity contribution in [3.8, 4) is 0 Å². The van der Waals surface area contributed by atoms with E-state index >= 15 is 0 Å². The van der Waals surface area contributed by atoms with Crippen molar-refractivity contribution in [1.29, 1.82) is 0 Å². The summed E-state index contributed by atoms with van der Waals surface area (Å²) in [5.74, 6) is 0.907. The van der Waals surface area contributed by atoms with Gasteiger partial charge in [-0.2, -0.15) is 0 Å². The van der Waals surface area contributed by atoms with E-state index in [4.69, 9.17) is 4.74 Å². The maximum Gasteiger partial charge on any atom is 0.125 e. The number of hydrogen-bond acceptors (Lipinski definition) is 4. The van der Waals surface area contributed by atoms with Crippen molar-refractivity contribution in [2.75, 3.05) is 19.0 Å². The second-order valence-corrected chi connectivity index (χ2v) is 4.63. The van der Waals surface area contributed by atoms with Gasteiger partial charge in [0, 0.05) is 32.4 Å². The van der Waals surface area contributed by atoms with E-state index in [-0.39, 0.29) is 6.10 Å². The van der Waals surface area contributed by atoms with E-state index in [1.54, 1.807) is 7.11 Å². The molecule has 1 aliphatic carbocycles. The Bertz CT molecular complexity index is 335. The summed E-state index contributed by atoms with van der Waals surface area (Å²) in [6.07, 6.45) is 4.77. The molecule has 0 spiro atoms. The Labute approximate surface area is 103 Å². The van der Waals surface area contributed by atoms with E-state index < -0.39 is 0 Å². The van der Waals surface area contributed by atoms with Crippen LogP contribution in [0.25, 0.3) is 0 Å². The predicted molar refractivity (Wildman–Crippen MR) is 69.1 cm³/mol. The summed E-state index contributed by atoms with van der Waals surface area (Å²) in [4.78, 5) is 4.38. The molecule has 17 heavy (non-hydrogen) atoms. The molecule has 4 heteroatoms. The van der Waals surface area contributed by atoms with Gasteiger partial charge in [0.25, 0.3) is 0 Å². The highest BCUT2D eigenvalue weighted by molar-refractivity contribution is 5.35. The van der Waals surface area contributed by atoms with Gasteiger partial charge in [-0.15, -0.1) is 0 Å². The molecule has 1 aromatic heterocycles. The van der Waals surface area contributed by atoms with Crippen LogP contribution in [0.1, 0.15) is 25.3 Å². The lowest BCUT2D eigenvalue weighted by atomic mass is 10.3. The molecule has 2 rings (SSSR count). The normalized spacial score (nSPS) is 16.8. The second kappa shape index (κ2) is 5.98. The first-order chi connectivity index (χ1) is 8.28. The molecule has 0 aliphatic heterocycles. The number of anilines is 1. The monoisotopic (exact) mass is 235 g/mol. The van der Waals surface area contributed by atoms with Gasteiger partial charge in [-0.3, -0.25) is 0 Å². The van der Waals surface area contributed by atoms with E-state index in [2.05, 4.69) is 21.7 Å². The summed E-state index contributed by atoms with van der Waals surface area (Å²) >= 11 is 0. The molecule has 1 aromatic rings. The number of hydrogen-bond donors (Lipinski definition) is 2. The molecular formula is C13H21N3O. The zero-order valence-corrected chi connectivity index (χ0v) is 10.6. The van der Waals surface area contributed by atoms with Gasteiger partial charge in [0.2, 0.25) is 0 Å². The van der Waals surface area contributed by atoms with Gasteiger partial charge in [0.15, 0.2) is 0 Å². The molecule has 1 aliphatic rings. The first-order valence-electron chi connectivity index (χ1n) is 6.23. The second-order valence-electron chi connectivity index (χ2n) is 4.63. The van der Waals surface area contributed by atoms with Crippen molar-refractivity contribution in [1.82, 2.24) is 10.3 Å². The van der Waals surface area contributed by atoms with Crippen molar-refractivity contribution in [3.05, 3.63) is 23.9 Å². The fourth-order valence-electron chi connectivity index (χ4n) is 1.51. The highest BCUT2D eigenvalue weighted by atomic mass is 16.5. The molecule has 94 valence electrons. The first-order valence-corrected chi connectivity index (χ1v) is 6.23. The fraction of sp³-hybridized carbons (Fsp3) is 0.615. The van der Waals surface area contributed by atoms with E-state index in [9.17, 15) is 0 Å². The Morgan fingerprint density at radius 2 is 2.29 bits per heavy atom. The molecule has 1 atom stereocenters. The molecule has 1 saturated carbocycles. The summed E-state index contributed by atoms with van der Waals surface area (Å²) < 4.78 is 5.17. The maximum absolute atomic E-state index is 5.17. The molecular weight excluding hydrogens is 214 g/mol. The lowest BCUT2D eigenvalue weighted by molar-refractivity contribution is 0.128. The van der Waals surface area contributed by atoms with Gasteiger partial charge >= 0.3 is 0 Å². The van der Waals surface area contributed by atoms with E-state index in [1.807, 2.05) is 19.2 Å². The van der Waals surface area contributed by atoms with Crippen LogP contribution < -0.4 is 10.6 Å². The lowest BCUT2D eigenvalue weighted by Crippen LogP contribution is -2.19. The largest absolute Gasteiger partial charge is 0.380 e. The van der Waals surface area contributed by atoms with Crippen molar-refractivity contribution in [2.24, 2.45) is 0 Å². The van der Waals surface area contributed by atoms with Gasteiger partial charge < -0.3 is 15.4 Å². The summed E-state index contributed by atoms with van der Waals surface area (Å²) in [5.41, 5.74) is 1.24. The number of rotatable bonds is 7. The minimum absolute atomic E-state index is 0.202. The number of nitrogens with one attached hydrogen (secondary N) is 2. The van der Waals surface area contributed by atoms with E-state index in [1.165, 1.54) is 18.4 Å². The van der Waals surface area contributed by atoms with Gasteiger partial charge in [-0.1, -0.05) is 6.07 Å². The fourth-order valence-corrected chi connectivity index (χ4v) is 1.51. The molecule has 0 radical (unpaired) electrons. The Balaban J connectivity index is 1.75. The predicted octanol–water partition coefficient (Wildman–Crippen LogP) is 1.78. The summed E-state index contributed by atoms with van der Waals surface area (Å²) in [6, 6.07) is 4.88. The molecule has 1 fully saturated rings. The van der Waals surface area contributed by atoms with Crippen molar-refractivity contribution < 1.29 is 4.74 Å². The van der Waals surface area contributed by atoms with Crippen LogP contribution in [0.3, 0.4) is 0 Å². The molecule has 2 N–H and O–H groups in total. The lowest BCUT2D eigenvalue weighted by Gasteiger charge is -2.11. The van der Waals surface area contributed by atoms with Crippen molar-refractivity contribution in [2.45, 2.75) is 38.5 Å². The summed E-state index contributed by atoms with van der Waals surface area (Å²) in [7, 11) is 1.71. The van der Waals surface area contributed by atoms with E-state index in [0.717, 1.165) is 24.9 Å². The van der Waals surface area contributed by atoms with Crippen molar-refractivity contribution >= 4 is 5.82 Å². The zero-order valence-electron chi connectivity index (χ0n) is 10.6. The van der Waals surface area contributed by atoms with Gasteiger partial charge in [0.05, 0.1) is 6.10 Å². The third kappa shape index (κ3) is 4.32. The van der Waals surface area contributed by atoms with Gasteiger partial charge in [-0.05, 0) is 31.4 Å². The van der Waals surface area contributed by atoms with Crippen LogP contribution in [-0.4, -0.2) is 30.8 Å². The van der Waals surface area contributed by atoms with Crippen LogP contribution in [0.2, 0.25) is 0 Å². The Morgan fingerprint density at radius 1 is 1.47 bits per heavy atom. The highest BCUT2D eigenvalue weighted by Crippen LogP contribution is 2.19. The van der Waals surface area contributed by atoms with Gasteiger partial charge in [0.1, 0.15) is 5.82 Å². The van der Waals surface area contributed by atoms with Crippen LogP contribution in [0, 0.1) is 0 Å². The first kappa shape index (κ1) is 12.3. The Morgan fingerprint density at radius 3 is 2.88 bits per heavy atom. The topological polar surface area (TPSA) is 46.2 Å². The molecule has 0 aromatic carbocycles. The number of pyridine rings is 1. The minimum atomic E-state index is 0.202. The average Bonchev–Trinajstić information content (AvgIpc) is 3.18. The SMILES string of the molecule is COC(C)CNc1ccc(CNC2CC2)cn1. The molecule has 0 bridgehead atoms. The number of aromatic nitrogens is 1. The third-order valence-corrected chi connectivity index (χ3v) is 2.97. The third-order valence-electron chi connectivity index (χ3n) is 2.97. The van der Waals surface area contributed by atoms with Crippen LogP contribution in [0.4, 0.5) is 5.82 Å². The van der Waals surface area contributed by atoms with Crippen molar-refractivity contribution in [3.63, 3.8) is 0 Å². The number of methoxy groups -OCH3 is 1. The molecule has 0 saturated heterocycles. The van der Waals surface area contributed by atoms with Gasteiger partial charge in [-0.25, -0.2) is 4.98 Å². The Kier molecular flexibility index (Phi) is 4.34. The Hall–Kier alpha value is -1.13.